The number of ether oxygens (including phenoxy) is 9. The maximum absolute atomic E-state index is 15.2. The number of ketones is 1. The van der Waals surface area contributed by atoms with E-state index in [1.807, 2.05) is 11.8 Å². The van der Waals surface area contributed by atoms with Crippen LogP contribution in [0.4, 0.5) is 10.5 Å². The van der Waals surface area contributed by atoms with Crippen molar-refractivity contribution < 1.29 is 76.5 Å². The number of anilines is 1. The number of benzene rings is 1. The molecule has 0 radical (unpaired) electrons. The molecule has 1 aromatic heterocycles. The first-order valence-corrected chi connectivity index (χ1v) is 28.1. The molecule has 0 bridgehead atoms. The van der Waals surface area contributed by atoms with Crippen LogP contribution >= 0.6 is 23.2 Å². The molecule has 3 amide bonds. The van der Waals surface area contributed by atoms with E-state index in [-0.39, 0.29) is 84.2 Å². The number of hydrogen-bond donors (Lipinski definition) is 2. The first kappa shape index (κ1) is 64.3. The van der Waals surface area contributed by atoms with E-state index in [2.05, 4.69) is 10.3 Å². The SMILES string of the molecule is CC[C@H]1OC(=O)[C@H](C)[C@@H](OC(=O)CN2CCOCC2)[C@H](C)[C@@H](O[C@@H]2O[C@H](C)C[C@H](N(C)C(=O)CN(C)C)[C@H]2O)[C@](C)(OC)C[C@@H](C)C(=O)[C@H](C)[C@H]2N(CCCOc3cc(C(=O)Nc4c(Cl)cncc4Cl)ccc3OC)C(=O)O[C@]12C. The lowest BCUT2D eigenvalue weighted by atomic mass is 9.73. The first-order chi connectivity index (χ1) is 37.8. The third-order valence-electron chi connectivity index (χ3n) is 16.1. The standard InChI is InChI=1S/C56H82Cl2N6O16/c1-14-42-56(8)49(64(54(71)80-56)18-15-21-75-41-25-36(16-17-40(41)72-12)51(69)60-45-37(57)27-59-28-38(45)58)33(4)46(67)31(2)26-55(7,73-13)50(79-53-47(68)39(24-32(3)76-53)62(11)43(65)29-61(9)10)34(5)48(35(6)52(70)77-42)78-44(66)30-63-19-22-74-23-20-63/h16-17,25,27-28,31-35,39,42,47-50,53,68H,14-15,18-24,26,29-30H2,1-13H3,(H,59,60,69)/t31-,32-,33+,34+,35-,39+,42-,47-,48+,49-,50-,53+,55-,56-/m1/s1. The summed E-state index contributed by atoms with van der Waals surface area (Å²) in [6, 6.07) is 2.89. The van der Waals surface area contributed by atoms with Gasteiger partial charge in [-0.3, -0.25) is 33.9 Å². The summed E-state index contributed by atoms with van der Waals surface area (Å²) < 4.78 is 56.1. The highest BCUT2D eigenvalue weighted by molar-refractivity contribution is 6.39. The number of carbonyl (C=O) groups is 6. The predicted octanol–water partition coefficient (Wildman–Crippen LogP) is 5.76. The van der Waals surface area contributed by atoms with Crippen LogP contribution in [0.25, 0.3) is 0 Å². The van der Waals surface area contributed by atoms with Gasteiger partial charge in [-0.05, 0) is 85.7 Å². The number of methoxy groups -OCH3 is 2. The van der Waals surface area contributed by atoms with Gasteiger partial charge in [0, 0.05) is 69.5 Å². The number of aliphatic hydroxyl groups excluding tert-OH is 1. The number of Topliss-reactive ketones (excluding diaryl/α,β-unsaturated/α-hetero) is 1. The van der Waals surface area contributed by atoms with Gasteiger partial charge in [0.15, 0.2) is 23.4 Å². The predicted molar refractivity (Wildman–Crippen MR) is 295 cm³/mol. The molecule has 5 heterocycles. The average Bonchev–Trinajstić information content (AvgIpc) is 3.96. The van der Waals surface area contributed by atoms with E-state index in [1.54, 1.807) is 86.6 Å². The Kier molecular flexibility index (Phi) is 22.4. The Balaban J connectivity index is 1.33. The van der Waals surface area contributed by atoms with Crippen LogP contribution < -0.4 is 14.8 Å². The van der Waals surface area contributed by atoms with Gasteiger partial charge >= 0.3 is 18.0 Å². The molecule has 4 fully saturated rings. The molecule has 2 N–H and O–H groups in total. The van der Waals surface area contributed by atoms with Crippen molar-refractivity contribution in [1.82, 2.24) is 24.6 Å². The molecular weight excluding hydrogens is 1080 g/mol. The van der Waals surface area contributed by atoms with Gasteiger partial charge in [0.05, 0.1) is 91.6 Å². The number of pyridine rings is 1. The van der Waals surface area contributed by atoms with E-state index < -0.39 is 108 Å². The van der Waals surface area contributed by atoms with Crippen molar-refractivity contribution in [3.05, 3.63) is 46.2 Å². The lowest BCUT2D eigenvalue weighted by Gasteiger charge is -2.48. The highest BCUT2D eigenvalue weighted by Gasteiger charge is 2.60. The van der Waals surface area contributed by atoms with Crippen LogP contribution in [-0.2, 0) is 52.3 Å². The van der Waals surface area contributed by atoms with Gasteiger partial charge in [0.25, 0.3) is 5.91 Å². The molecule has 4 aliphatic heterocycles. The summed E-state index contributed by atoms with van der Waals surface area (Å²) in [7, 11) is 8.09. The van der Waals surface area contributed by atoms with Crippen LogP contribution in [0, 0.1) is 23.7 Å². The topological polar surface area (TPSA) is 244 Å². The monoisotopic (exact) mass is 1160 g/mol. The summed E-state index contributed by atoms with van der Waals surface area (Å²) in [6.45, 7) is 15.7. The number of cyclic esters (lactones) is 1. The van der Waals surface area contributed by atoms with Crippen LogP contribution in [0.15, 0.2) is 30.6 Å². The zero-order valence-corrected chi connectivity index (χ0v) is 49.9. The van der Waals surface area contributed by atoms with E-state index >= 15 is 4.79 Å². The minimum absolute atomic E-state index is 0.00279. The Morgan fingerprint density at radius 1 is 0.963 bits per heavy atom. The van der Waals surface area contributed by atoms with Crippen molar-refractivity contribution in [3.63, 3.8) is 0 Å². The molecule has 6 rings (SSSR count). The first-order valence-electron chi connectivity index (χ1n) is 27.4. The number of nitrogens with one attached hydrogen (secondary N) is 1. The summed E-state index contributed by atoms with van der Waals surface area (Å²) in [5.74, 6) is -5.71. The highest BCUT2D eigenvalue weighted by Crippen LogP contribution is 2.44. The fraction of sp³-hybridized carbons (Fsp3) is 0.696. The molecular formula is C56H82Cl2N6O16. The second-order valence-electron chi connectivity index (χ2n) is 22.2. The molecule has 0 spiro atoms. The molecule has 0 saturated carbocycles. The van der Waals surface area contributed by atoms with E-state index in [0.717, 1.165) is 0 Å². The molecule has 446 valence electrons. The lowest BCUT2D eigenvalue weighted by molar-refractivity contribution is -0.301. The van der Waals surface area contributed by atoms with Crippen LogP contribution in [0.2, 0.25) is 10.0 Å². The fourth-order valence-corrected chi connectivity index (χ4v) is 12.2. The van der Waals surface area contributed by atoms with Gasteiger partial charge in [0.2, 0.25) is 5.91 Å². The van der Waals surface area contributed by atoms with Crippen molar-refractivity contribution in [2.45, 2.75) is 141 Å². The number of rotatable bonds is 18. The zero-order valence-electron chi connectivity index (χ0n) is 48.4. The quantitative estimate of drug-likeness (QED) is 0.102. The maximum atomic E-state index is 15.2. The van der Waals surface area contributed by atoms with Crippen molar-refractivity contribution >= 4 is 64.5 Å². The summed E-state index contributed by atoms with van der Waals surface area (Å²) in [5, 5.41) is 15.1. The number of amides is 3. The Bertz CT molecular complexity index is 2490. The summed E-state index contributed by atoms with van der Waals surface area (Å²) in [4.78, 5) is 95.9. The van der Waals surface area contributed by atoms with Crippen LogP contribution in [0.3, 0.4) is 0 Å². The number of nitrogens with zero attached hydrogens (tertiary/aromatic N) is 5. The van der Waals surface area contributed by atoms with Crippen LogP contribution in [-0.4, -0.2) is 213 Å². The molecule has 80 heavy (non-hydrogen) atoms. The fourth-order valence-electron chi connectivity index (χ4n) is 11.7. The number of esters is 2. The van der Waals surface area contributed by atoms with E-state index in [1.165, 1.54) is 42.5 Å². The molecule has 14 atom stereocenters. The van der Waals surface area contributed by atoms with Crippen molar-refractivity contribution in [2.24, 2.45) is 23.7 Å². The third kappa shape index (κ3) is 14.8. The van der Waals surface area contributed by atoms with Crippen molar-refractivity contribution in [1.29, 1.82) is 0 Å². The average molecular weight is 1170 g/mol. The van der Waals surface area contributed by atoms with Gasteiger partial charge in [-0.2, -0.15) is 0 Å². The highest BCUT2D eigenvalue weighted by atomic mass is 35.5. The molecule has 1 aromatic carbocycles. The number of hydrogen-bond acceptors (Lipinski definition) is 19. The van der Waals surface area contributed by atoms with Crippen LogP contribution in [0.1, 0.15) is 91.4 Å². The van der Waals surface area contributed by atoms with Gasteiger partial charge in [-0.1, -0.05) is 50.9 Å². The summed E-state index contributed by atoms with van der Waals surface area (Å²) in [6.07, 6.45) is -4.15. The molecule has 2 aromatic rings. The zero-order chi connectivity index (χ0) is 59.0. The van der Waals surface area contributed by atoms with Gasteiger partial charge in [-0.15, -0.1) is 0 Å². The normalized spacial score (nSPS) is 31.8. The maximum Gasteiger partial charge on any atom is 0.410 e. The Labute approximate surface area is 479 Å². The number of carbonyl (C=O) groups excluding carboxylic acids is 6. The van der Waals surface area contributed by atoms with Gasteiger partial charge in [-0.25, -0.2) is 4.79 Å². The molecule has 0 aliphatic carbocycles. The molecule has 4 aliphatic rings. The molecule has 0 unspecified atom stereocenters. The number of halogens is 2. The second kappa shape index (κ2) is 27.9. The number of aliphatic hydroxyl groups is 1. The van der Waals surface area contributed by atoms with E-state index in [0.29, 0.717) is 38.5 Å². The Morgan fingerprint density at radius 3 is 2.26 bits per heavy atom. The van der Waals surface area contributed by atoms with Gasteiger partial charge < -0.3 is 67.8 Å². The third-order valence-corrected chi connectivity index (χ3v) is 16.6. The number of fused-ring (bicyclic) bond motifs is 1. The lowest BCUT2D eigenvalue weighted by Crippen LogP contribution is -2.62. The largest absolute Gasteiger partial charge is 0.493 e. The van der Waals surface area contributed by atoms with Gasteiger partial charge in [0.1, 0.15) is 24.1 Å². The van der Waals surface area contributed by atoms with E-state index in [9.17, 15) is 29.1 Å². The van der Waals surface area contributed by atoms with Crippen LogP contribution in [0.5, 0.6) is 11.5 Å². The minimum Gasteiger partial charge on any atom is -0.493 e. The Morgan fingerprint density at radius 2 is 1.64 bits per heavy atom. The Hall–Kier alpha value is -4.91. The molecule has 4 saturated heterocycles. The molecule has 22 nitrogen and oxygen atoms in total. The van der Waals surface area contributed by atoms with Crippen molar-refractivity contribution in [3.8, 4) is 11.5 Å². The van der Waals surface area contributed by atoms with E-state index in [4.69, 9.17) is 65.8 Å². The molecule has 24 heteroatoms. The second-order valence-corrected chi connectivity index (χ2v) is 23.0. The summed E-state index contributed by atoms with van der Waals surface area (Å²) in [5.41, 5.74) is -2.63. The number of likely N-dealkylation sites (N-methyl/N-ethyl adjacent to an activating group) is 2. The smallest absolute Gasteiger partial charge is 0.410 e. The summed E-state index contributed by atoms with van der Waals surface area (Å²) >= 11 is 12.5. The minimum atomic E-state index is -1.58. The number of morpholine rings is 1. The number of aromatic nitrogens is 1. The van der Waals surface area contributed by atoms with Crippen molar-refractivity contribution in [2.75, 3.05) is 93.2 Å².